The highest BCUT2D eigenvalue weighted by atomic mass is 16.6. The van der Waals surface area contributed by atoms with Gasteiger partial charge in [0.2, 0.25) is 5.91 Å². The van der Waals surface area contributed by atoms with E-state index < -0.39 is 5.60 Å². The number of hydrogen-bond acceptors (Lipinski definition) is 3. The summed E-state index contributed by atoms with van der Waals surface area (Å²) in [7, 11) is 0. The SMILES string of the molecule is CC[C@@H]1CNC(=O)CCN1C(=O)OC(C)(C)C. The zero-order valence-electron chi connectivity index (χ0n) is 11.1. The third-order valence-corrected chi connectivity index (χ3v) is 2.65. The van der Waals surface area contributed by atoms with Crippen molar-refractivity contribution in [1.82, 2.24) is 10.2 Å². The van der Waals surface area contributed by atoms with Gasteiger partial charge in [0.05, 0.1) is 6.04 Å². The van der Waals surface area contributed by atoms with Crippen LogP contribution < -0.4 is 5.32 Å². The van der Waals surface area contributed by atoms with Gasteiger partial charge >= 0.3 is 6.09 Å². The number of carbonyl (C=O) groups excluding carboxylic acids is 2. The third kappa shape index (κ3) is 4.24. The van der Waals surface area contributed by atoms with E-state index in [-0.39, 0.29) is 18.0 Å². The molecule has 1 heterocycles. The van der Waals surface area contributed by atoms with Crippen LogP contribution in [-0.2, 0) is 9.53 Å². The molecule has 1 fully saturated rings. The van der Waals surface area contributed by atoms with Gasteiger partial charge < -0.3 is 15.0 Å². The molecule has 1 saturated heterocycles. The second-order valence-corrected chi connectivity index (χ2v) is 5.29. The summed E-state index contributed by atoms with van der Waals surface area (Å²) in [6.45, 7) is 8.46. The molecular formula is C12H22N2O3. The van der Waals surface area contributed by atoms with Crippen LogP contribution in [0.3, 0.4) is 0 Å². The fourth-order valence-electron chi connectivity index (χ4n) is 1.76. The van der Waals surface area contributed by atoms with Crippen molar-refractivity contribution in [1.29, 1.82) is 0 Å². The Bertz CT molecular complexity index is 297. The van der Waals surface area contributed by atoms with Crippen molar-refractivity contribution in [3.8, 4) is 0 Å². The minimum Gasteiger partial charge on any atom is -0.444 e. The van der Waals surface area contributed by atoms with Gasteiger partial charge in [-0.1, -0.05) is 6.92 Å². The predicted molar refractivity (Wildman–Crippen MR) is 64.6 cm³/mol. The van der Waals surface area contributed by atoms with Crippen LogP contribution >= 0.6 is 0 Å². The van der Waals surface area contributed by atoms with E-state index in [0.29, 0.717) is 19.5 Å². The summed E-state index contributed by atoms with van der Waals surface area (Å²) in [5.74, 6) is -0.00508. The van der Waals surface area contributed by atoms with Crippen LogP contribution in [0, 0.1) is 0 Å². The summed E-state index contributed by atoms with van der Waals surface area (Å²) < 4.78 is 5.35. The van der Waals surface area contributed by atoms with Gasteiger partial charge in [0.1, 0.15) is 5.60 Å². The molecular weight excluding hydrogens is 220 g/mol. The Hall–Kier alpha value is -1.26. The largest absolute Gasteiger partial charge is 0.444 e. The topological polar surface area (TPSA) is 58.6 Å². The molecule has 0 aliphatic carbocycles. The Labute approximate surface area is 102 Å². The molecule has 17 heavy (non-hydrogen) atoms. The summed E-state index contributed by atoms with van der Waals surface area (Å²) in [6.07, 6.45) is 0.816. The van der Waals surface area contributed by atoms with Crippen molar-refractivity contribution < 1.29 is 14.3 Å². The summed E-state index contributed by atoms with van der Waals surface area (Å²) in [5, 5.41) is 2.80. The Morgan fingerprint density at radius 3 is 2.71 bits per heavy atom. The van der Waals surface area contributed by atoms with E-state index in [1.54, 1.807) is 4.90 Å². The summed E-state index contributed by atoms with van der Waals surface area (Å²) in [6, 6.07) is 0.0244. The van der Waals surface area contributed by atoms with Crippen molar-refractivity contribution in [3.63, 3.8) is 0 Å². The smallest absolute Gasteiger partial charge is 0.410 e. The summed E-state index contributed by atoms with van der Waals surface area (Å²) in [5.41, 5.74) is -0.501. The average Bonchev–Trinajstić information content (AvgIpc) is 2.37. The Kier molecular flexibility index (Phi) is 4.37. The molecule has 98 valence electrons. The average molecular weight is 242 g/mol. The molecule has 1 rings (SSSR count). The van der Waals surface area contributed by atoms with E-state index in [1.807, 2.05) is 27.7 Å². The lowest BCUT2D eigenvalue weighted by Crippen LogP contribution is -2.45. The maximum absolute atomic E-state index is 12.0. The molecule has 1 N–H and O–H groups in total. The molecule has 0 aromatic rings. The normalized spacial score (nSPS) is 21.8. The Morgan fingerprint density at radius 1 is 1.53 bits per heavy atom. The molecule has 0 spiro atoms. The van der Waals surface area contributed by atoms with E-state index in [2.05, 4.69) is 5.32 Å². The van der Waals surface area contributed by atoms with E-state index in [0.717, 1.165) is 6.42 Å². The van der Waals surface area contributed by atoms with Crippen molar-refractivity contribution in [3.05, 3.63) is 0 Å². The Morgan fingerprint density at radius 2 is 2.18 bits per heavy atom. The van der Waals surface area contributed by atoms with Crippen LogP contribution in [0.25, 0.3) is 0 Å². The maximum Gasteiger partial charge on any atom is 0.410 e. The molecule has 2 amide bonds. The second kappa shape index (κ2) is 5.38. The van der Waals surface area contributed by atoms with E-state index in [4.69, 9.17) is 4.74 Å². The molecule has 0 unspecified atom stereocenters. The summed E-state index contributed by atoms with van der Waals surface area (Å²) >= 11 is 0. The first kappa shape index (κ1) is 13.8. The van der Waals surface area contributed by atoms with Crippen LogP contribution in [0.15, 0.2) is 0 Å². The first-order chi connectivity index (χ1) is 7.83. The quantitative estimate of drug-likeness (QED) is 0.758. The minimum absolute atomic E-state index is 0.00508. The molecule has 5 heteroatoms. The highest BCUT2D eigenvalue weighted by molar-refractivity contribution is 5.78. The number of amides is 2. The zero-order chi connectivity index (χ0) is 13.1. The van der Waals surface area contributed by atoms with Gasteiger partial charge in [0.15, 0.2) is 0 Å². The third-order valence-electron chi connectivity index (χ3n) is 2.65. The van der Waals surface area contributed by atoms with Gasteiger partial charge in [0.25, 0.3) is 0 Å². The fraction of sp³-hybridized carbons (Fsp3) is 0.833. The van der Waals surface area contributed by atoms with E-state index >= 15 is 0 Å². The van der Waals surface area contributed by atoms with E-state index in [1.165, 1.54) is 0 Å². The van der Waals surface area contributed by atoms with Gasteiger partial charge in [-0.05, 0) is 27.2 Å². The second-order valence-electron chi connectivity index (χ2n) is 5.29. The predicted octanol–water partition coefficient (Wildman–Crippen LogP) is 1.52. The van der Waals surface area contributed by atoms with Crippen LogP contribution in [0.4, 0.5) is 4.79 Å². The van der Waals surface area contributed by atoms with Gasteiger partial charge in [-0.3, -0.25) is 4.79 Å². The standard InChI is InChI=1S/C12H22N2O3/c1-5-9-8-13-10(15)6-7-14(9)11(16)17-12(2,3)4/h9H,5-8H2,1-4H3,(H,13,15)/t9-/m1/s1. The van der Waals surface area contributed by atoms with Crippen molar-refractivity contribution in [2.75, 3.05) is 13.1 Å². The van der Waals surface area contributed by atoms with E-state index in [9.17, 15) is 9.59 Å². The molecule has 0 aromatic heterocycles. The summed E-state index contributed by atoms with van der Waals surface area (Å²) in [4.78, 5) is 25.0. The molecule has 1 aliphatic heterocycles. The van der Waals surface area contributed by atoms with Gasteiger partial charge in [-0.25, -0.2) is 4.79 Å². The van der Waals surface area contributed by atoms with Crippen LogP contribution in [0.2, 0.25) is 0 Å². The van der Waals surface area contributed by atoms with Crippen molar-refractivity contribution >= 4 is 12.0 Å². The highest BCUT2D eigenvalue weighted by Gasteiger charge is 2.29. The molecule has 1 aliphatic rings. The molecule has 1 atom stereocenters. The maximum atomic E-state index is 12.0. The van der Waals surface area contributed by atoms with Crippen molar-refractivity contribution in [2.45, 2.75) is 52.2 Å². The van der Waals surface area contributed by atoms with Crippen LogP contribution in [0.1, 0.15) is 40.5 Å². The molecule has 0 aromatic carbocycles. The lowest BCUT2D eigenvalue weighted by atomic mass is 10.2. The molecule has 5 nitrogen and oxygen atoms in total. The van der Waals surface area contributed by atoms with Gasteiger partial charge in [-0.2, -0.15) is 0 Å². The number of hydrogen-bond donors (Lipinski definition) is 1. The fourth-order valence-corrected chi connectivity index (χ4v) is 1.76. The van der Waals surface area contributed by atoms with Gasteiger partial charge in [-0.15, -0.1) is 0 Å². The number of carbonyl (C=O) groups is 2. The number of ether oxygens (including phenoxy) is 1. The first-order valence-corrected chi connectivity index (χ1v) is 6.10. The van der Waals surface area contributed by atoms with Gasteiger partial charge in [0, 0.05) is 19.5 Å². The number of nitrogens with one attached hydrogen (secondary N) is 1. The first-order valence-electron chi connectivity index (χ1n) is 6.10. The molecule has 0 bridgehead atoms. The number of rotatable bonds is 1. The van der Waals surface area contributed by atoms with Crippen LogP contribution in [0.5, 0.6) is 0 Å². The zero-order valence-corrected chi connectivity index (χ0v) is 11.1. The van der Waals surface area contributed by atoms with Crippen molar-refractivity contribution in [2.24, 2.45) is 0 Å². The monoisotopic (exact) mass is 242 g/mol. The molecule has 0 saturated carbocycles. The molecule has 0 radical (unpaired) electrons. The number of nitrogens with zero attached hydrogens (tertiary/aromatic N) is 1. The minimum atomic E-state index is -0.501. The van der Waals surface area contributed by atoms with Crippen LogP contribution in [-0.4, -0.2) is 41.6 Å². The lowest BCUT2D eigenvalue weighted by Gasteiger charge is -2.31. The Balaban J connectivity index is 2.70. The highest BCUT2D eigenvalue weighted by Crippen LogP contribution is 2.15. The lowest BCUT2D eigenvalue weighted by molar-refractivity contribution is -0.120.